The fraction of sp³-hybridized carbons (Fsp3) is 0.714. The molecule has 3 N–H and O–H groups in total. The summed E-state index contributed by atoms with van der Waals surface area (Å²) >= 11 is 0. The van der Waals surface area contributed by atoms with E-state index in [0.29, 0.717) is 23.3 Å². The summed E-state index contributed by atoms with van der Waals surface area (Å²) in [5.41, 5.74) is 8.14. The van der Waals surface area contributed by atoms with Gasteiger partial charge in [-0.25, -0.2) is 0 Å². The number of aromatic nitrogens is 2. The van der Waals surface area contributed by atoms with Crippen LogP contribution in [-0.4, -0.2) is 22.2 Å². The number of hydrogen-bond acceptors (Lipinski definition) is 3. The molecule has 0 atom stereocenters. The molecule has 2 aliphatic rings. The Morgan fingerprint density at radius 3 is 2.74 bits per heavy atom. The minimum atomic E-state index is -0.0770. The van der Waals surface area contributed by atoms with Gasteiger partial charge in [0, 0.05) is 13.1 Å². The van der Waals surface area contributed by atoms with E-state index in [0.717, 1.165) is 18.2 Å². The van der Waals surface area contributed by atoms with Crippen molar-refractivity contribution in [2.45, 2.75) is 46.1 Å². The van der Waals surface area contributed by atoms with Gasteiger partial charge in [-0.05, 0) is 50.9 Å². The number of anilines is 1. The van der Waals surface area contributed by atoms with Crippen LogP contribution < -0.4 is 11.1 Å². The Hall–Kier alpha value is -1.52. The number of amides is 1. The number of nitrogen functional groups attached to an aromatic ring is 1. The molecule has 104 valence electrons. The third-order valence-electron chi connectivity index (χ3n) is 4.62. The molecule has 0 saturated heterocycles. The molecule has 0 unspecified atom stereocenters. The molecule has 1 aromatic rings. The van der Waals surface area contributed by atoms with Crippen LogP contribution in [0.25, 0.3) is 0 Å². The normalized spacial score (nSPS) is 20.3. The van der Waals surface area contributed by atoms with Gasteiger partial charge in [-0.15, -0.1) is 0 Å². The number of rotatable bonds is 5. The minimum absolute atomic E-state index is 0.0770. The highest BCUT2D eigenvalue weighted by molar-refractivity contribution is 5.98. The first-order valence-corrected chi connectivity index (χ1v) is 7.18. The molecule has 0 aromatic carbocycles. The number of nitrogens with two attached hydrogens (primary N) is 1. The van der Waals surface area contributed by atoms with Gasteiger partial charge in [0.25, 0.3) is 5.91 Å². The first kappa shape index (κ1) is 12.5. The molecule has 0 aliphatic heterocycles. The average molecular weight is 262 g/mol. The van der Waals surface area contributed by atoms with Crippen LogP contribution in [0.5, 0.6) is 0 Å². The smallest absolute Gasteiger partial charge is 0.271 e. The van der Waals surface area contributed by atoms with E-state index < -0.39 is 0 Å². The van der Waals surface area contributed by atoms with Crippen molar-refractivity contribution in [3.63, 3.8) is 0 Å². The van der Waals surface area contributed by atoms with Crippen LogP contribution in [0.1, 0.15) is 48.8 Å². The predicted octanol–water partition coefficient (Wildman–Crippen LogP) is 1.71. The Kier molecular flexibility index (Phi) is 2.80. The molecule has 5 heteroatoms. The van der Waals surface area contributed by atoms with Gasteiger partial charge in [-0.1, -0.05) is 0 Å². The van der Waals surface area contributed by atoms with Gasteiger partial charge in [0.2, 0.25) is 0 Å². The highest BCUT2D eigenvalue weighted by atomic mass is 16.2. The van der Waals surface area contributed by atoms with Crippen molar-refractivity contribution >= 4 is 11.6 Å². The topological polar surface area (TPSA) is 72.9 Å². The van der Waals surface area contributed by atoms with Gasteiger partial charge in [-0.3, -0.25) is 9.48 Å². The maximum atomic E-state index is 12.3. The predicted molar refractivity (Wildman–Crippen MR) is 73.8 cm³/mol. The Balaban J connectivity index is 1.70. The second-order valence-corrected chi connectivity index (χ2v) is 5.98. The summed E-state index contributed by atoms with van der Waals surface area (Å²) in [7, 11) is 0. The molecular weight excluding hydrogens is 240 g/mol. The quantitative estimate of drug-likeness (QED) is 0.848. The van der Waals surface area contributed by atoms with Gasteiger partial charge < -0.3 is 11.1 Å². The number of hydrogen-bond donors (Lipinski definition) is 2. The summed E-state index contributed by atoms with van der Waals surface area (Å²) in [5, 5.41) is 7.36. The van der Waals surface area contributed by atoms with Crippen LogP contribution in [0.15, 0.2) is 0 Å². The summed E-state index contributed by atoms with van der Waals surface area (Å²) in [5.74, 6) is 0.773. The zero-order valence-corrected chi connectivity index (χ0v) is 11.7. The lowest BCUT2D eigenvalue weighted by Gasteiger charge is -2.15. The van der Waals surface area contributed by atoms with E-state index >= 15 is 0 Å². The van der Waals surface area contributed by atoms with Crippen LogP contribution in [0, 0.1) is 18.3 Å². The van der Waals surface area contributed by atoms with E-state index in [1.165, 1.54) is 25.7 Å². The third kappa shape index (κ3) is 2.11. The standard InChI is InChI=1S/C14H22N4O/c1-3-18-12(11(15)9(2)17-18)13(19)16-8-14(6-7-14)10-4-5-10/h10H,3-8,15H2,1-2H3,(H,16,19). The molecule has 0 radical (unpaired) electrons. The largest absolute Gasteiger partial charge is 0.395 e. The maximum absolute atomic E-state index is 12.3. The van der Waals surface area contributed by atoms with Gasteiger partial charge in [0.15, 0.2) is 0 Å². The Bertz CT molecular complexity index is 512. The molecule has 1 aromatic heterocycles. The number of carbonyl (C=O) groups is 1. The summed E-state index contributed by atoms with van der Waals surface area (Å²) in [4.78, 5) is 12.3. The van der Waals surface area contributed by atoms with Crippen molar-refractivity contribution < 1.29 is 4.79 Å². The van der Waals surface area contributed by atoms with E-state index in [9.17, 15) is 4.79 Å². The van der Waals surface area contributed by atoms with Crippen molar-refractivity contribution in [3.8, 4) is 0 Å². The molecule has 2 aliphatic carbocycles. The first-order chi connectivity index (χ1) is 9.07. The monoisotopic (exact) mass is 262 g/mol. The summed E-state index contributed by atoms with van der Waals surface area (Å²) in [6.45, 7) is 5.26. The average Bonchev–Trinajstić information content (AvgIpc) is 3.26. The van der Waals surface area contributed by atoms with Gasteiger partial charge in [0.05, 0.1) is 11.4 Å². The number of carbonyl (C=O) groups excluding carboxylic acids is 1. The lowest BCUT2D eigenvalue weighted by molar-refractivity contribution is 0.0933. The highest BCUT2D eigenvalue weighted by Gasteiger charge is 2.53. The van der Waals surface area contributed by atoms with Crippen molar-refractivity contribution in [3.05, 3.63) is 11.4 Å². The molecule has 1 heterocycles. The Morgan fingerprint density at radius 1 is 1.53 bits per heavy atom. The fourth-order valence-corrected chi connectivity index (χ4v) is 2.99. The first-order valence-electron chi connectivity index (χ1n) is 7.18. The Labute approximate surface area is 113 Å². The molecule has 19 heavy (non-hydrogen) atoms. The van der Waals surface area contributed by atoms with Gasteiger partial charge >= 0.3 is 0 Å². The zero-order valence-electron chi connectivity index (χ0n) is 11.7. The minimum Gasteiger partial charge on any atom is -0.395 e. The van der Waals surface area contributed by atoms with Crippen LogP contribution in [0.4, 0.5) is 5.69 Å². The molecule has 5 nitrogen and oxygen atoms in total. The molecule has 2 saturated carbocycles. The van der Waals surface area contributed by atoms with E-state index in [4.69, 9.17) is 5.73 Å². The summed E-state index contributed by atoms with van der Waals surface area (Å²) in [6.07, 6.45) is 5.20. The van der Waals surface area contributed by atoms with Crippen molar-refractivity contribution in [2.75, 3.05) is 12.3 Å². The molecule has 3 rings (SSSR count). The zero-order chi connectivity index (χ0) is 13.6. The maximum Gasteiger partial charge on any atom is 0.271 e. The van der Waals surface area contributed by atoms with Crippen molar-refractivity contribution in [1.82, 2.24) is 15.1 Å². The molecule has 1 amide bonds. The number of nitrogens with one attached hydrogen (secondary N) is 1. The van der Waals surface area contributed by atoms with E-state index in [-0.39, 0.29) is 5.91 Å². The number of aryl methyl sites for hydroxylation is 2. The van der Waals surface area contributed by atoms with Gasteiger partial charge in [0.1, 0.15) is 5.69 Å². The van der Waals surface area contributed by atoms with Crippen LogP contribution in [0.2, 0.25) is 0 Å². The lowest BCUT2D eigenvalue weighted by atomic mass is 10.0. The second kappa shape index (κ2) is 4.25. The lowest BCUT2D eigenvalue weighted by Crippen LogP contribution is -2.33. The van der Waals surface area contributed by atoms with E-state index in [2.05, 4.69) is 10.4 Å². The molecule has 0 spiro atoms. The molecule has 2 fully saturated rings. The Morgan fingerprint density at radius 2 is 2.21 bits per heavy atom. The second-order valence-electron chi connectivity index (χ2n) is 5.98. The summed E-state index contributed by atoms with van der Waals surface area (Å²) < 4.78 is 1.69. The van der Waals surface area contributed by atoms with Crippen molar-refractivity contribution in [1.29, 1.82) is 0 Å². The van der Waals surface area contributed by atoms with E-state index in [1.807, 2.05) is 13.8 Å². The van der Waals surface area contributed by atoms with E-state index in [1.54, 1.807) is 4.68 Å². The molecular formula is C14H22N4O. The molecule has 0 bridgehead atoms. The number of nitrogens with zero attached hydrogens (tertiary/aromatic N) is 2. The van der Waals surface area contributed by atoms with Crippen molar-refractivity contribution in [2.24, 2.45) is 11.3 Å². The highest BCUT2D eigenvalue weighted by Crippen LogP contribution is 2.60. The summed E-state index contributed by atoms with van der Waals surface area (Å²) in [6, 6.07) is 0. The van der Waals surface area contributed by atoms with Crippen LogP contribution in [-0.2, 0) is 6.54 Å². The van der Waals surface area contributed by atoms with Crippen LogP contribution >= 0.6 is 0 Å². The van der Waals surface area contributed by atoms with Gasteiger partial charge in [-0.2, -0.15) is 5.10 Å². The fourth-order valence-electron chi connectivity index (χ4n) is 2.99. The SMILES string of the molecule is CCn1nc(C)c(N)c1C(=O)NCC1(C2CC2)CC1. The third-order valence-corrected chi connectivity index (χ3v) is 4.62. The van der Waals surface area contributed by atoms with Crippen LogP contribution in [0.3, 0.4) is 0 Å².